The molecule has 0 radical (unpaired) electrons. The van der Waals surface area contributed by atoms with E-state index in [1.165, 1.54) is 4.31 Å². The molecular formula is C13H18BrN3O3S. The van der Waals surface area contributed by atoms with Crippen molar-refractivity contribution in [3.05, 3.63) is 28.5 Å². The lowest BCUT2D eigenvalue weighted by molar-refractivity contribution is 0.0692. The fourth-order valence-corrected chi connectivity index (χ4v) is 3.95. The number of carbonyl (C=O) groups is 1. The first-order valence-corrected chi connectivity index (χ1v) is 9.23. The van der Waals surface area contributed by atoms with Gasteiger partial charge in [0.2, 0.25) is 10.0 Å². The van der Waals surface area contributed by atoms with Crippen LogP contribution in [0.2, 0.25) is 0 Å². The van der Waals surface area contributed by atoms with Gasteiger partial charge >= 0.3 is 0 Å². The molecule has 0 N–H and O–H groups in total. The van der Waals surface area contributed by atoms with Gasteiger partial charge in [0.25, 0.3) is 5.91 Å². The average molecular weight is 376 g/mol. The number of nitrogens with zero attached hydrogens (tertiary/aromatic N) is 3. The molecule has 1 fully saturated rings. The van der Waals surface area contributed by atoms with Crippen LogP contribution in [0.5, 0.6) is 0 Å². The van der Waals surface area contributed by atoms with E-state index >= 15 is 0 Å². The number of hydrogen-bond acceptors (Lipinski definition) is 4. The van der Waals surface area contributed by atoms with Gasteiger partial charge in [0.05, 0.1) is 5.75 Å². The molecule has 1 saturated heterocycles. The maximum absolute atomic E-state index is 12.3. The minimum absolute atomic E-state index is 0.157. The van der Waals surface area contributed by atoms with Crippen molar-refractivity contribution in [2.24, 2.45) is 0 Å². The van der Waals surface area contributed by atoms with Gasteiger partial charge in [-0.1, -0.05) is 6.92 Å². The van der Waals surface area contributed by atoms with Crippen molar-refractivity contribution in [3.63, 3.8) is 0 Å². The van der Waals surface area contributed by atoms with E-state index in [1.807, 2.05) is 6.92 Å². The number of sulfonamides is 1. The zero-order valence-electron chi connectivity index (χ0n) is 11.8. The summed E-state index contributed by atoms with van der Waals surface area (Å²) in [7, 11) is -3.18. The van der Waals surface area contributed by atoms with E-state index in [0.29, 0.717) is 38.3 Å². The molecule has 1 amide bonds. The van der Waals surface area contributed by atoms with Crippen molar-refractivity contribution < 1.29 is 13.2 Å². The van der Waals surface area contributed by atoms with E-state index in [4.69, 9.17) is 0 Å². The standard InChI is InChI=1S/C13H18BrN3O3S/c1-2-9-21(19,20)17-7-5-16(6-8-17)13(18)12-4-3-11(14)10-15-12/h3-4,10H,2,5-9H2,1H3. The second-order valence-electron chi connectivity index (χ2n) is 4.87. The van der Waals surface area contributed by atoms with E-state index in [1.54, 1.807) is 23.2 Å². The van der Waals surface area contributed by atoms with Gasteiger partial charge in [-0.05, 0) is 34.5 Å². The molecule has 1 aromatic rings. The lowest BCUT2D eigenvalue weighted by atomic mass is 10.3. The Morgan fingerprint density at radius 3 is 2.48 bits per heavy atom. The summed E-state index contributed by atoms with van der Waals surface area (Å²) < 4.78 is 26.2. The van der Waals surface area contributed by atoms with Crippen LogP contribution in [0.4, 0.5) is 0 Å². The molecule has 1 aliphatic rings. The van der Waals surface area contributed by atoms with Gasteiger partial charge in [0.1, 0.15) is 5.69 Å². The molecule has 0 atom stereocenters. The van der Waals surface area contributed by atoms with E-state index in [-0.39, 0.29) is 11.7 Å². The summed E-state index contributed by atoms with van der Waals surface area (Å²) in [5.41, 5.74) is 0.378. The Morgan fingerprint density at radius 2 is 1.95 bits per heavy atom. The maximum Gasteiger partial charge on any atom is 0.272 e. The molecule has 0 aliphatic carbocycles. The van der Waals surface area contributed by atoms with Crippen molar-refractivity contribution in [3.8, 4) is 0 Å². The van der Waals surface area contributed by atoms with Crippen LogP contribution in [0, 0.1) is 0 Å². The Labute approximate surface area is 133 Å². The average Bonchev–Trinajstić information content (AvgIpc) is 2.47. The Bertz CT molecular complexity index is 596. The van der Waals surface area contributed by atoms with Crippen LogP contribution in [0.1, 0.15) is 23.8 Å². The Balaban J connectivity index is 1.98. The van der Waals surface area contributed by atoms with Crippen molar-refractivity contribution in [2.45, 2.75) is 13.3 Å². The quantitative estimate of drug-likeness (QED) is 0.795. The van der Waals surface area contributed by atoms with Crippen LogP contribution < -0.4 is 0 Å². The number of piperazine rings is 1. The summed E-state index contributed by atoms with van der Waals surface area (Å²) in [6.45, 7) is 3.35. The van der Waals surface area contributed by atoms with Gasteiger partial charge in [-0.3, -0.25) is 4.79 Å². The number of aromatic nitrogens is 1. The number of carbonyl (C=O) groups excluding carboxylic acids is 1. The zero-order valence-corrected chi connectivity index (χ0v) is 14.2. The van der Waals surface area contributed by atoms with Gasteiger partial charge in [-0.2, -0.15) is 4.31 Å². The highest BCUT2D eigenvalue weighted by molar-refractivity contribution is 9.10. The van der Waals surface area contributed by atoms with Crippen molar-refractivity contribution in [2.75, 3.05) is 31.9 Å². The Hall–Kier alpha value is -0.990. The fraction of sp³-hybridized carbons (Fsp3) is 0.538. The van der Waals surface area contributed by atoms with E-state index in [2.05, 4.69) is 20.9 Å². The summed E-state index contributed by atoms with van der Waals surface area (Å²) in [5.74, 6) is 0.00455. The monoisotopic (exact) mass is 375 g/mol. The first kappa shape index (κ1) is 16.4. The van der Waals surface area contributed by atoms with E-state index in [0.717, 1.165) is 4.47 Å². The second-order valence-corrected chi connectivity index (χ2v) is 7.87. The highest BCUT2D eigenvalue weighted by atomic mass is 79.9. The lowest BCUT2D eigenvalue weighted by Crippen LogP contribution is -2.51. The number of pyridine rings is 1. The molecule has 2 heterocycles. The summed E-state index contributed by atoms with van der Waals surface area (Å²) in [6.07, 6.45) is 2.18. The highest BCUT2D eigenvalue weighted by Crippen LogP contribution is 2.13. The van der Waals surface area contributed by atoms with Crippen molar-refractivity contribution >= 4 is 31.9 Å². The predicted octanol–water partition coefficient (Wildman–Crippen LogP) is 1.34. The normalized spacial score (nSPS) is 17.0. The molecule has 0 bridgehead atoms. The molecule has 21 heavy (non-hydrogen) atoms. The maximum atomic E-state index is 12.3. The van der Waals surface area contributed by atoms with Gasteiger partial charge in [-0.25, -0.2) is 13.4 Å². The van der Waals surface area contributed by atoms with Gasteiger partial charge in [0.15, 0.2) is 0 Å². The molecule has 8 heteroatoms. The smallest absolute Gasteiger partial charge is 0.272 e. The Kier molecular flexibility index (Phi) is 5.34. The molecule has 0 aromatic carbocycles. The predicted molar refractivity (Wildman–Crippen MR) is 83.5 cm³/mol. The first-order valence-electron chi connectivity index (χ1n) is 6.82. The van der Waals surface area contributed by atoms with E-state index < -0.39 is 10.0 Å². The molecule has 0 spiro atoms. The van der Waals surface area contributed by atoms with Crippen molar-refractivity contribution in [1.82, 2.24) is 14.2 Å². The minimum atomic E-state index is -3.18. The molecule has 1 aromatic heterocycles. The Morgan fingerprint density at radius 1 is 1.29 bits per heavy atom. The molecular weight excluding hydrogens is 358 g/mol. The number of rotatable bonds is 4. The topological polar surface area (TPSA) is 70.6 Å². The molecule has 6 nitrogen and oxygen atoms in total. The SMILES string of the molecule is CCCS(=O)(=O)N1CCN(C(=O)c2ccc(Br)cn2)CC1. The summed E-state index contributed by atoms with van der Waals surface area (Å²) in [4.78, 5) is 18.0. The largest absolute Gasteiger partial charge is 0.335 e. The third-order valence-corrected chi connectivity index (χ3v) is 5.87. The lowest BCUT2D eigenvalue weighted by Gasteiger charge is -2.33. The van der Waals surface area contributed by atoms with Crippen LogP contribution in [-0.2, 0) is 10.0 Å². The molecule has 116 valence electrons. The van der Waals surface area contributed by atoms with Crippen molar-refractivity contribution in [1.29, 1.82) is 0 Å². The van der Waals surface area contributed by atoms with Gasteiger partial charge < -0.3 is 4.90 Å². The summed E-state index contributed by atoms with van der Waals surface area (Å²) in [6, 6.07) is 3.43. The molecule has 2 rings (SSSR count). The zero-order chi connectivity index (χ0) is 15.5. The molecule has 0 unspecified atom stereocenters. The van der Waals surface area contributed by atoms with Gasteiger partial charge in [0, 0.05) is 36.8 Å². The van der Waals surface area contributed by atoms with Crippen LogP contribution >= 0.6 is 15.9 Å². The van der Waals surface area contributed by atoms with Crippen LogP contribution in [-0.4, -0.2) is 60.4 Å². The van der Waals surface area contributed by atoms with Crippen LogP contribution in [0.3, 0.4) is 0 Å². The summed E-state index contributed by atoms with van der Waals surface area (Å²) >= 11 is 3.27. The minimum Gasteiger partial charge on any atom is -0.335 e. The number of halogens is 1. The second kappa shape index (κ2) is 6.85. The number of amides is 1. The van der Waals surface area contributed by atoms with Crippen LogP contribution in [0.15, 0.2) is 22.8 Å². The first-order chi connectivity index (χ1) is 9.94. The third kappa shape index (κ3) is 4.02. The molecule has 0 saturated carbocycles. The fourth-order valence-electron chi connectivity index (χ4n) is 2.22. The summed E-state index contributed by atoms with van der Waals surface area (Å²) in [5, 5.41) is 0. The third-order valence-electron chi connectivity index (χ3n) is 3.33. The van der Waals surface area contributed by atoms with Crippen LogP contribution in [0.25, 0.3) is 0 Å². The highest BCUT2D eigenvalue weighted by Gasteiger charge is 2.28. The number of hydrogen-bond donors (Lipinski definition) is 0. The van der Waals surface area contributed by atoms with Gasteiger partial charge in [-0.15, -0.1) is 0 Å². The molecule has 1 aliphatic heterocycles. The van der Waals surface area contributed by atoms with E-state index in [9.17, 15) is 13.2 Å².